The smallest absolute Gasteiger partial charge is 0.252 e. The van der Waals surface area contributed by atoms with E-state index in [1.807, 2.05) is 57.1 Å². The molecule has 0 aliphatic carbocycles. The van der Waals surface area contributed by atoms with Gasteiger partial charge in [-0.2, -0.15) is 0 Å². The number of likely N-dealkylation sites (tertiary alicyclic amines) is 1. The van der Waals surface area contributed by atoms with Gasteiger partial charge in [-0.25, -0.2) is 0 Å². The van der Waals surface area contributed by atoms with Crippen molar-refractivity contribution in [2.24, 2.45) is 0 Å². The third-order valence-electron chi connectivity index (χ3n) is 3.42. The van der Waals surface area contributed by atoms with E-state index in [1.165, 1.54) is 4.90 Å². The second-order valence-corrected chi connectivity index (χ2v) is 5.54. The molecule has 2 amide bonds. The number of rotatable bonds is 4. The Kier molecular flexibility index (Phi) is 3.97. The highest BCUT2D eigenvalue weighted by atomic mass is 16.2. The van der Waals surface area contributed by atoms with Crippen LogP contribution in [0.15, 0.2) is 24.3 Å². The molecule has 20 heavy (non-hydrogen) atoms. The number of carbonyl (C=O) groups is 2. The number of carbonyl (C=O) groups excluding carboxylic acids is 2. The van der Waals surface area contributed by atoms with E-state index in [2.05, 4.69) is 5.32 Å². The molecule has 1 saturated heterocycles. The van der Waals surface area contributed by atoms with E-state index in [0.29, 0.717) is 0 Å². The molecule has 1 fully saturated rings. The van der Waals surface area contributed by atoms with E-state index in [-0.39, 0.29) is 24.3 Å². The van der Waals surface area contributed by atoms with Gasteiger partial charge >= 0.3 is 0 Å². The summed E-state index contributed by atoms with van der Waals surface area (Å²) < 4.78 is 0. The number of imide groups is 1. The maximum absolute atomic E-state index is 12.2. The van der Waals surface area contributed by atoms with Crippen LogP contribution in [0.4, 0.5) is 11.4 Å². The maximum atomic E-state index is 12.2. The van der Waals surface area contributed by atoms with Crippen LogP contribution in [-0.4, -0.2) is 42.9 Å². The van der Waals surface area contributed by atoms with Crippen molar-refractivity contribution in [1.82, 2.24) is 4.90 Å². The molecular formula is C15H21N3O2. The SMILES string of the molecule is CC(C)N1C(=O)CC(Nc2ccc(N(C)C)cc2)C1=O. The van der Waals surface area contributed by atoms with Crippen molar-refractivity contribution < 1.29 is 9.59 Å². The molecule has 1 aliphatic rings. The first-order chi connectivity index (χ1) is 9.40. The maximum Gasteiger partial charge on any atom is 0.252 e. The summed E-state index contributed by atoms with van der Waals surface area (Å²) in [7, 11) is 3.95. The molecule has 1 unspecified atom stereocenters. The molecule has 5 nitrogen and oxygen atoms in total. The Hall–Kier alpha value is -2.04. The summed E-state index contributed by atoms with van der Waals surface area (Å²) in [5.74, 6) is -0.242. The number of hydrogen-bond acceptors (Lipinski definition) is 4. The van der Waals surface area contributed by atoms with Gasteiger partial charge in [0.05, 0.1) is 6.42 Å². The van der Waals surface area contributed by atoms with Crippen molar-refractivity contribution in [3.05, 3.63) is 24.3 Å². The third kappa shape index (κ3) is 2.76. The summed E-state index contributed by atoms with van der Waals surface area (Å²) >= 11 is 0. The van der Waals surface area contributed by atoms with Crippen LogP contribution in [0.2, 0.25) is 0 Å². The van der Waals surface area contributed by atoms with E-state index >= 15 is 0 Å². The fraction of sp³-hybridized carbons (Fsp3) is 0.467. The zero-order valence-electron chi connectivity index (χ0n) is 12.4. The van der Waals surface area contributed by atoms with Gasteiger partial charge in [0.1, 0.15) is 6.04 Å². The minimum Gasteiger partial charge on any atom is -0.378 e. The lowest BCUT2D eigenvalue weighted by molar-refractivity contribution is -0.140. The first kappa shape index (κ1) is 14.4. The van der Waals surface area contributed by atoms with Crippen molar-refractivity contribution in [3.63, 3.8) is 0 Å². The van der Waals surface area contributed by atoms with Crippen LogP contribution in [0.25, 0.3) is 0 Å². The molecule has 1 aromatic rings. The van der Waals surface area contributed by atoms with Crippen molar-refractivity contribution in [2.45, 2.75) is 32.4 Å². The summed E-state index contributed by atoms with van der Waals surface area (Å²) in [5, 5.41) is 3.14. The van der Waals surface area contributed by atoms with Gasteiger partial charge in [0.15, 0.2) is 0 Å². The van der Waals surface area contributed by atoms with Crippen LogP contribution in [0, 0.1) is 0 Å². The average molecular weight is 275 g/mol. The predicted octanol–water partition coefficient (Wildman–Crippen LogP) is 1.70. The zero-order valence-corrected chi connectivity index (χ0v) is 12.4. The molecule has 1 N–H and O–H groups in total. The van der Waals surface area contributed by atoms with E-state index in [9.17, 15) is 9.59 Å². The number of nitrogens with zero attached hydrogens (tertiary/aromatic N) is 2. The quantitative estimate of drug-likeness (QED) is 0.850. The van der Waals surface area contributed by atoms with Crippen LogP contribution >= 0.6 is 0 Å². The van der Waals surface area contributed by atoms with E-state index < -0.39 is 6.04 Å². The Morgan fingerprint density at radius 3 is 2.25 bits per heavy atom. The second-order valence-electron chi connectivity index (χ2n) is 5.54. The normalized spacial score (nSPS) is 18.9. The van der Waals surface area contributed by atoms with Crippen molar-refractivity contribution in [3.8, 4) is 0 Å². The largest absolute Gasteiger partial charge is 0.378 e. The zero-order chi connectivity index (χ0) is 14.9. The number of amides is 2. The lowest BCUT2D eigenvalue weighted by Gasteiger charge is -2.19. The van der Waals surface area contributed by atoms with E-state index in [1.54, 1.807) is 0 Å². The molecule has 0 spiro atoms. The summed E-state index contributed by atoms with van der Waals surface area (Å²) in [5.41, 5.74) is 1.94. The lowest BCUT2D eigenvalue weighted by Crippen LogP contribution is -2.39. The minimum atomic E-state index is -0.449. The third-order valence-corrected chi connectivity index (χ3v) is 3.42. The molecule has 0 radical (unpaired) electrons. The van der Waals surface area contributed by atoms with Gasteiger partial charge in [0.2, 0.25) is 5.91 Å². The van der Waals surface area contributed by atoms with Crippen LogP contribution in [-0.2, 0) is 9.59 Å². The number of hydrogen-bond donors (Lipinski definition) is 1. The standard InChI is InChI=1S/C15H21N3O2/c1-10(2)18-14(19)9-13(15(18)20)16-11-5-7-12(8-6-11)17(3)4/h5-8,10,13,16H,9H2,1-4H3. The van der Waals surface area contributed by atoms with Gasteiger partial charge in [-0.3, -0.25) is 14.5 Å². The molecule has 5 heteroatoms. The average Bonchev–Trinajstić information content (AvgIpc) is 2.65. The molecule has 0 saturated carbocycles. The van der Waals surface area contributed by atoms with Gasteiger partial charge in [-0.15, -0.1) is 0 Å². The lowest BCUT2D eigenvalue weighted by atomic mass is 10.2. The van der Waals surface area contributed by atoms with E-state index in [4.69, 9.17) is 0 Å². The van der Waals surface area contributed by atoms with Crippen molar-refractivity contribution in [1.29, 1.82) is 0 Å². The second kappa shape index (κ2) is 5.53. The molecule has 2 rings (SSSR count). The summed E-state index contributed by atoms with van der Waals surface area (Å²) in [6, 6.07) is 7.26. The topological polar surface area (TPSA) is 52.7 Å². The molecule has 0 bridgehead atoms. The summed E-state index contributed by atoms with van der Waals surface area (Å²) in [6.45, 7) is 3.70. The number of benzene rings is 1. The molecule has 1 atom stereocenters. The number of anilines is 2. The minimum absolute atomic E-state index is 0.0853. The van der Waals surface area contributed by atoms with Crippen LogP contribution in [0.1, 0.15) is 20.3 Å². The number of nitrogens with one attached hydrogen (secondary N) is 1. The Labute approximate surface area is 119 Å². The molecule has 1 aliphatic heterocycles. The van der Waals surface area contributed by atoms with Crippen LogP contribution in [0.3, 0.4) is 0 Å². The summed E-state index contributed by atoms with van der Waals surface area (Å²) in [6.07, 6.45) is 0.229. The fourth-order valence-corrected chi connectivity index (χ4v) is 2.36. The predicted molar refractivity (Wildman–Crippen MR) is 79.8 cm³/mol. The first-order valence-electron chi connectivity index (χ1n) is 6.80. The molecule has 108 valence electrons. The van der Waals surface area contributed by atoms with E-state index in [0.717, 1.165) is 11.4 Å². The van der Waals surface area contributed by atoms with Gasteiger partial charge in [0, 0.05) is 31.5 Å². The van der Waals surface area contributed by atoms with Gasteiger partial charge in [-0.05, 0) is 38.1 Å². The molecule has 1 aromatic carbocycles. The highest BCUT2D eigenvalue weighted by molar-refractivity contribution is 6.07. The summed E-state index contributed by atoms with van der Waals surface area (Å²) in [4.78, 5) is 27.3. The van der Waals surface area contributed by atoms with Crippen molar-refractivity contribution >= 4 is 23.2 Å². The highest BCUT2D eigenvalue weighted by Gasteiger charge is 2.39. The van der Waals surface area contributed by atoms with Gasteiger partial charge in [0.25, 0.3) is 5.91 Å². The molecule has 1 heterocycles. The molecular weight excluding hydrogens is 254 g/mol. The first-order valence-corrected chi connectivity index (χ1v) is 6.80. The Balaban J connectivity index is 2.07. The van der Waals surface area contributed by atoms with Crippen LogP contribution < -0.4 is 10.2 Å². The molecule has 0 aromatic heterocycles. The monoisotopic (exact) mass is 275 g/mol. The van der Waals surface area contributed by atoms with Gasteiger partial charge in [-0.1, -0.05) is 0 Å². The fourth-order valence-electron chi connectivity index (χ4n) is 2.36. The van der Waals surface area contributed by atoms with Crippen molar-refractivity contribution in [2.75, 3.05) is 24.3 Å². The Bertz CT molecular complexity index is 508. The Morgan fingerprint density at radius 1 is 1.20 bits per heavy atom. The Morgan fingerprint density at radius 2 is 1.80 bits per heavy atom. The van der Waals surface area contributed by atoms with Gasteiger partial charge < -0.3 is 10.2 Å². The highest BCUT2D eigenvalue weighted by Crippen LogP contribution is 2.22. The van der Waals surface area contributed by atoms with Crippen LogP contribution in [0.5, 0.6) is 0 Å².